The van der Waals surface area contributed by atoms with E-state index in [2.05, 4.69) is 16.7 Å². The number of carbonyl (C=O) groups is 3. The molecule has 2 N–H and O–H groups in total. The lowest BCUT2D eigenvalue weighted by molar-refractivity contribution is -0.124. The Morgan fingerprint density at radius 3 is 2.64 bits per heavy atom. The van der Waals surface area contributed by atoms with Crippen molar-refractivity contribution in [3.8, 4) is 5.75 Å². The minimum Gasteiger partial charge on any atom is -0.482 e. The Kier molecular flexibility index (Phi) is 6.09. The van der Waals surface area contributed by atoms with Gasteiger partial charge in [-0.1, -0.05) is 24.3 Å². The number of nitrogens with one attached hydrogen (secondary N) is 2. The van der Waals surface area contributed by atoms with Crippen LogP contribution in [0, 0.1) is 0 Å². The number of amides is 2. The van der Waals surface area contributed by atoms with Crippen LogP contribution < -0.4 is 15.4 Å². The number of Topliss-reactive ketones (excluding diaryl/α,β-unsaturated/α-hetero) is 1. The van der Waals surface area contributed by atoms with Crippen molar-refractivity contribution in [2.24, 2.45) is 0 Å². The second-order valence-corrected chi connectivity index (χ2v) is 6.95. The number of benzene rings is 2. The number of ketones is 1. The number of aryl methyl sites for hydroxylation is 1. The number of hydrogen-bond donors (Lipinski definition) is 2. The van der Waals surface area contributed by atoms with E-state index < -0.39 is 0 Å². The topological polar surface area (TPSA) is 84.5 Å². The normalized spacial score (nSPS) is 15.3. The lowest BCUT2D eigenvalue weighted by atomic mass is 9.88. The Balaban J connectivity index is 1.68. The highest BCUT2D eigenvalue weighted by atomic mass is 16.5. The van der Waals surface area contributed by atoms with E-state index in [0.717, 1.165) is 24.8 Å². The standard InChI is InChI=1S/C22H24N2O4/c1-14(25)17-10-11-20(23-15(2)26)21(12-17)28-13-22(27)24-19-9-5-7-16-6-3-4-8-18(16)19/h3-4,6,8,10-12,19H,5,7,9,13H2,1-2H3,(H,23,26)(H,24,27)/t19-/m0/s1. The van der Waals surface area contributed by atoms with Gasteiger partial charge in [0.15, 0.2) is 12.4 Å². The van der Waals surface area contributed by atoms with E-state index in [0.29, 0.717) is 17.0 Å². The number of anilines is 1. The monoisotopic (exact) mass is 380 g/mol. The second kappa shape index (κ2) is 8.69. The maximum absolute atomic E-state index is 12.5. The van der Waals surface area contributed by atoms with Crippen molar-refractivity contribution in [1.29, 1.82) is 0 Å². The molecule has 1 atom stereocenters. The SMILES string of the molecule is CC(=O)Nc1ccc(C(C)=O)cc1OCC(=O)N[C@H]1CCCc2ccccc21. The summed E-state index contributed by atoms with van der Waals surface area (Å²) in [5.41, 5.74) is 3.29. The largest absolute Gasteiger partial charge is 0.482 e. The number of ether oxygens (including phenoxy) is 1. The van der Waals surface area contributed by atoms with E-state index in [9.17, 15) is 14.4 Å². The molecule has 0 aromatic heterocycles. The van der Waals surface area contributed by atoms with Crippen molar-refractivity contribution in [3.05, 3.63) is 59.2 Å². The van der Waals surface area contributed by atoms with Crippen molar-refractivity contribution >= 4 is 23.3 Å². The molecule has 2 amide bonds. The molecule has 0 saturated heterocycles. The molecule has 0 aliphatic heterocycles. The smallest absolute Gasteiger partial charge is 0.258 e. The fraction of sp³-hybridized carbons (Fsp3) is 0.318. The van der Waals surface area contributed by atoms with Crippen LogP contribution in [0.25, 0.3) is 0 Å². The molecule has 6 heteroatoms. The van der Waals surface area contributed by atoms with Gasteiger partial charge in [-0.15, -0.1) is 0 Å². The van der Waals surface area contributed by atoms with E-state index in [1.807, 2.05) is 18.2 Å². The summed E-state index contributed by atoms with van der Waals surface area (Å²) in [6.07, 6.45) is 2.94. The number of carbonyl (C=O) groups excluding carboxylic acids is 3. The average Bonchev–Trinajstić information content (AvgIpc) is 2.67. The van der Waals surface area contributed by atoms with Gasteiger partial charge in [0, 0.05) is 12.5 Å². The molecular weight excluding hydrogens is 356 g/mol. The first-order chi connectivity index (χ1) is 13.4. The van der Waals surface area contributed by atoms with E-state index in [-0.39, 0.29) is 30.2 Å². The van der Waals surface area contributed by atoms with Crippen LogP contribution in [-0.4, -0.2) is 24.2 Å². The minimum absolute atomic E-state index is 0.0283. The number of fused-ring (bicyclic) bond motifs is 1. The predicted molar refractivity (Wildman–Crippen MR) is 107 cm³/mol. The first kappa shape index (κ1) is 19.6. The first-order valence-electron chi connectivity index (χ1n) is 9.36. The average molecular weight is 380 g/mol. The van der Waals surface area contributed by atoms with Crippen LogP contribution in [0.1, 0.15) is 54.2 Å². The molecular formula is C22H24N2O4. The van der Waals surface area contributed by atoms with Crippen molar-refractivity contribution in [2.45, 2.75) is 39.2 Å². The lowest BCUT2D eigenvalue weighted by Gasteiger charge is -2.26. The molecule has 6 nitrogen and oxygen atoms in total. The van der Waals surface area contributed by atoms with Crippen molar-refractivity contribution in [3.63, 3.8) is 0 Å². The molecule has 0 fully saturated rings. The van der Waals surface area contributed by atoms with Gasteiger partial charge in [0.1, 0.15) is 5.75 Å². The fourth-order valence-corrected chi connectivity index (χ4v) is 3.44. The predicted octanol–water partition coefficient (Wildman–Crippen LogP) is 3.42. The summed E-state index contributed by atoms with van der Waals surface area (Å²) in [5, 5.41) is 5.68. The number of rotatable bonds is 6. The van der Waals surface area contributed by atoms with Gasteiger partial charge in [-0.2, -0.15) is 0 Å². The fourth-order valence-electron chi connectivity index (χ4n) is 3.44. The van der Waals surface area contributed by atoms with Crippen molar-refractivity contribution < 1.29 is 19.1 Å². The Bertz CT molecular complexity index is 907. The summed E-state index contributed by atoms with van der Waals surface area (Å²) in [6, 6.07) is 12.9. The zero-order valence-electron chi connectivity index (χ0n) is 16.1. The molecule has 3 rings (SSSR count). The second-order valence-electron chi connectivity index (χ2n) is 6.95. The lowest BCUT2D eigenvalue weighted by Crippen LogP contribution is -2.34. The van der Waals surface area contributed by atoms with E-state index in [1.165, 1.54) is 25.5 Å². The van der Waals surface area contributed by atoms with Crippen LogP contribution in [0.5, 0.6) is 5.75 Å². The summed E-state index contributed by atoms with van der Waals surface area (Å²) in [7, 11) is 0. The molecule has 0 unspecified atom stereocenters. The van der Waals surface area contributed by atoms with Gasteiger partial charge >= 0.3 is 0 Å². The third kappa shape index (κ3) is 4.76. The van der Waals surface area contributed by atoms with Crippen molar-refractivity contribution in [2.75, 3.05) is 11.9 Å². The summed E-state index contributed by atoms with van der Waals surface area (Å²) in [6.45, 7) is 2.63. The van der Waals surface area contributed by atoms with Gasteiger partial charge in [0.05, 0.1) is 11.7 Å². The van der Waals surface area contributed by atoms with Gasteiger partial charge in [-0.3, -0.25) is 14.4 Å². The van der Waals surface area contributed by atoms with Crippen LogP contribution in [0.2, 0.25) is 0 Å². The summed E-state index contributed by atoms with van der Waals surface area (Å²) in [5.74, 6) is -0.336. The third-order valence-electron chi connectivity index (χ3n) is 4.76. The van der Waals surface area contributed by atoms with Crippen LogP contribution >= 0.6 is 0 Å². The first-order valence-corrected chi connectivity index (χ1v) is 9.36. The van der Waals surface area contributed by atoms with Crippen molar-refractivity contribution in [1.82, 2.24) is 5.32 Å². The van der Waals surface area contributed by atoms with Crippen LogP contribution in [-0.2, 0) is 16.0 Å². The third-order valence-corrected chi connectivity index (χ3v) is 4.76. The molecule has 1 aliphatic carbocycles. The molecule has 1 aliphatic rings. The maximum Gasteiger partial charge on any atom is 0.258 e. The Hall–Kier alpha value is -3.15. The molecule has 0 spiro atoms. The van der Waals surface area contributed by atoms with Gasteiger partial charge < -0.3 is 15.4 Å². The molecule has 0 bridgehead atoms. The van der Waals surface area contributed by atoms with Crippen LogP contribution in [0.15, 0.2) is 42.5 Å². The van der Waals surface area contributed by atoms with Crippen LogP contribution in [0.4, 0.5) is 5.69 Å². The summed E-state index contributed by atoms with van der Waals surface area (Å²) in [4.78, 5) is 35.5. The highest BCUT2D eigenvalue weighted by Gasteiger charge is 2.21. The summed E-state index contributed by atoms with van der Waals surface area (Å²) >= 11 is 0. The van der Waals surface area contributed by atoms with E-state index in [1.54, 1.807) is 12.1 Å². The molecule has 146 valence electrons. The zero-order chi connectivity index (χ0) is 20.1. The Morgan fingerprint density at radius 2 is 1.89 bits per heavy atom. The molecule has 0 saturated carbocycles. The summed E-state index contributed by atoms with van der Waals surface area (Å²) < 4.78 is 5.64. The highest BCUT2D eigenvalue weighted by Crippen LogP contribution is 2.30. The molecule has 2 aromatic rings. The molecule has 0 heterocycles. The Morgan fingerprint density at radius 1 is 1.11 bits per heavy atom. The molecule has 2 aromatic carbocycles. The van der Waals surface area contributed by atoms with Gasteiger partial charge in [0.2, 0.25) is 5.91 Å². The van der Waals surface area contributed by atoms with E-state index >= 15 is 0 Å². The van der Waals surface area contributed by atoms with Gasteiger partial charge in [-0.25, -0.2) is 0 Å². The maximum atomic E-state index is 12.5. The van der Waals surface area contributed by atoms with Crippen LogP contribution in [0.3, 0.4) is 0 Å². The van der Waals surface area contributed by atoms with Gasteiger partial charge in [0.25, 0.3) is 5.91 Å². The Labute approximate surface area is 164 Å². The van der Waals surface area contributed by atoms with E-state index in [4.69, 9.17) is 4.74 Å². The quantitative estimate of drug-likeness (QED) is 0.752. The number of hydrogen-bond acceptors (Lipinski definition) is 4. The highest BCUT2D eigenvalue weighted by molar-refractivity contribution is 5.96. The zero-order valence-corrected chi connectivity index (χ0v) is 16.1. The van der Waals surface area contributed by atoms with Gasteiger partial charge in [-0.05, 0) is 55.5 Å². The molecule has 0 radical (unpaired) electrons. The minimum atomic E-state index is -0.260. The molecule has 28 heavy (non-hydrogen) atoms.